The molecule has 0 spiro atoms. The van der Waals surface area contributed by atoms with E-state index >= 15 is 0 Å². The Balaban J connectivity index is 0.000000147. The Bertz CT molecular complexity index is 5650. The van der Waals surface area contributed by atoms with E-state index < -0.39 is 0 Å². The van der Waals surface area contributed by atoms with Crippen LogP contribution < -0.4 is 39.5 Å². The number of hydrogen-bond acceptors (Lipinski definition) is 24. The smallest absolute Gasteiger partial charge is 0.322 e. The maximum absolute atomic E-state index is 13.7. The molecule has 32 nitrogen and oxygen atoms in total. The van der Waals surface area contributed by atoms with Crippen LogP contribution in [0.1, 0.15) is 113 Å². The molecule has 0 unspecified atom stereocenters. The van der Waals surface area contributed by atoms with Gasteiger partial charge in [0.1, 0.15) is 37.3 Å². The number of piperazine rings is 3. The Morgan fingerprint density at radius 1 is 0.441 bits per heavy atom. The highest BCUT2D eigenvalue weighted by Gasteiger charge is 2.41. The number of anilines is 5. The number of aryl methyl sites for hydroxylation is 2. The number of benzene rings is 5. The molecule has 6 saturated heterocycles. The Kier molecular flexibility index (Phi) is 28.0. The first-order chi connectivity index (χ1) is 61.6. The summed E-state index contributed by atoms with van der Waals surface area (Å²) in [6.07, 6.45) is 11.0. The standard InChI is InChI=1S/C33H38N8O3.C32H36N8O3.C29H34ClN7O3/c1-4-29(42)41-17-16-39(18-24(41)13-14-34)31-26-19-40(20-28(26)35-32(37-31)44-21-25-11-7-15-38(25)3)33(43)36-27-12-6-10-23-9-5-8-22(2)30(23)27;1-3-29(41)40-17-16-38(18-23(40)13-14-33)30-26-19-39(32(42)35-27-12-6-9-22-8-4-5-11-25(22)27)20-28(26)34-31(36-30)43-21-24-10-7-15-37(24)2;1-4-25(38)37-14-13-35(15-20(37)10-11-31)27-23-16-36(28(39)22-9-5-7-19(2)26(22)30)17-24(23)32-29(33-27)40-18-21-8-6-12-34(21)3/h4-6,8-10,12,24-25H,1,7,11,13,15-21H2,2-3H3,(H,36,43);3-6,8-9,11-12,23-24H,1,7,10,13,15-21H2,2H3,(H,35,42);4-5,7,9,20-21H,1,6,8,10,12-18H2,2-3H3/t24-,25-;23-,24-;20-,21-/m000/s1. The number of halogens is 1. The van der Waals surface area contributed by atoms with Gasteiger partial charge in [-0.15, -0.1) is 0 Å². The first kappa shape index (κ1) is 88.8. The van der Waals surface area contributed by atoms with Crippen LogP contribution in [-0.2, 0) is 53.7 Å². The average molecular weight is 1740 g/mol. The number of nitrogens with zero attached hydrogens (tertiary/aromatic N) is 21. The van der Waals surface area contributed by atoms with Crippen molar-refractivity contribution in [2.45, 2.75) is 147 Å². The number of ether oxygens (including phenoxy) is 3. The molecule has 3 aromatic heterocycles. The Morgan fingerprint density at radius 2 is 0.811 bits per heavy atom. The molecule has 2 N–H and O–H groups in total. The number of aromatic nitrogens is 6. The number of urea groups is 2. The maximum Gasteiger partial charge on any atom is 0.322 e. The van der Waals surface area contributed by atoms with E-state index in [1.165, 1.54) is 18.2 Å². The summed E-state index contributed by atoms with van der Waals surface area (Å²) in [4.78, 5) is 131. The number of nitrogens with one attached hydrogen (secondary N) is 2. The molecule has 0 aliphatic carbocycles. The Hall–Kier alpha value is -13.1. The SMILES string of the molecule is C=CC(=O)N1CCN(c2nc(OC[C@@H]3CCCN3C)nc3c2CN(C(=O)Nc2cccc4cccc(C)c24)C3)C[C@@H]1CC#N.C=CC(=O)N1CCN(c2nc(OC[C@@H]3CCCN3C)nc3c2CN(C(=O)Nc2cccc4ccccc24)C3)C[C@@H]1CC#N.C=CC(=O)N1CCN(c2nc(OC[C@@H]3CCCN3C)nc3c2CN(C(=O)c2cccc(C)c2Cl)C3)C[C@@H]1CC#N. The number of rotatable bonds is 21. The van der Waals surface area contributed by atoms with Gasteiger partial charge in [-0.25, -0.2) is 9.59 Å². The van der Waals surface area contributed by atoms with Gasteiger partial charge in [-0.1, -0.05) is 110 Å². The van der Waals surface area contributed by atoms with Crippen LogP contribution in [-0.4, -0.2) is 265 Å². The van der Waals surface area contributed by atoms with Crippen LogP contribution in [0, 0.1) is 47.8 Å². The van der Waals surface area contributed by atoms with E-state index in [9.17, 15) is 44.6 Å². The third kappa shape index (κ3) is 19.8. The second kappa shape index (κ2) is 40.1. The molecule has 0 bridgehead atoms. The van der Waals surface area contributed by atoms with E-state index in [1.807, 2.05) is 105 Å². The van der Waals surface area contributed by atoms with Gasteiger partial charge in [-0.3, -0.25) is 19.2 Å². The van der Waals surface area contributed by atoms with Gasteiger partial charge in [-0.05, 0) is 151 Å². The summed E-state index contributed by atoms with van der Waals surface area (Å²) in [5.41, 5.74) is 8.69. The van der Waals surface area contributed by atoms with E-state index in [1.54, 1.807) is 35.5 Å². The third-order valence-electron chi connectivity index (χ3n) is 25.8. The van der Waals surface area contributed by atoms with Crippen LogP contribution in [0.4, 0.5) is 38.4 Å². The van der Waals surface area contributed by atoms with Crippen molar-refractivity contribution in [3.63, 3.8) is 0 Å². The van der Waals surface area contributed by atoms with Gasteiger partial charge in [0.15, 0.2) is 0 Å². The fourth-order valence-corrected chi connectivity index (χ4v) is 18.9. The van der Waals surface area contributed by atoms with Crippen LogP contribution in [0.3, 0.4) is 0 Å². The maximum atomic E-state index is 13.7. The van der Waals surface area contributed by atoms with Gasteiger partial charge in [0.2, 0.25) is 17.7 Å². The van der Waals surface area contributed by atoms with E-state index in [4.69, 9.17) is 55.7 Å². The number of likely N-dealkylation sites (N-methyl/N-ethyl adjacent to an activating group) is 3. The molecule has 33 heteroatoms. The number of amides is 8. The molecular formula is C94H108ClN23O9. The zero-order valence-electron chi connectivity index (χ0n) is 72.7. The van der Waals surface area contributed by atoms with Gasteiger partial charge in [0.05, 0.1) is 134 Å². The predicted octanol–water partition coefficient (Wildman–Crippen LogP) is 11.0. The molecule has 9 aliphatic heterocycles. The van der Waals surface area contributed by atoms with Crippen molar-refractivity contribution in [1.29, 1.82) is 15.8 Å². The van der Waals surface area contributed by atoms with Crippen molar-refractivity contribution < 1.29 is 43.0 Å². The van der Waals surface area contributed by atoms with Crippen LogP contribution >= 0.6 is 11.6 Å². The van der Waals surface area contributed by atoms with Gasteiger partial charge >= 0.3 is 30.1 Å². The predicted molar refractivity (Wildman–Crippen MR) is 483 cm³/mol. The van der Waals surface area contributed by atoms with Gasteiger partial charge < -0.3 is 83.6 Å². The lowest BCUT2D eigenvalue weighted by atomic mass is 10.0. The molecule has 660 valence electrons. The molecule has 9 aliphatic rings. The highest BCUT2D eigenvalue weighted by molar-refractivity contribution is 6.34. The second-order valence-corrected chi connectivity index (χ2v) is 34.2. The fraction of sp³-hybridized carbons (Fsp3) is 0.436. The molecule has 0 radical (unpaired) electrons. The fourth-order valence-electron chi connectivity index (χ4n) is 18.7. The number of nitriles is 3. The second-order valence-electron chi connectivity index (χ2n) is 33.8. The Labute approximate surface area is 745 Å². The quantitative estimate of drug-likeness (QED) is 0.0631. The number of fused-ring (bicyclic) bond motifs is 5. The molecule has 8 amide bonds. The average Bonchev–Trinajstić information content (AvgIpc) is 1.63. The minimum Gasteiger partial charge on any atom is -0.462 e. The molecule has 12 heterocycles. The first-order valence-electron chi connectivity index (χ1n) is 43.6. The Morgan fingerprint density at radius 3 is 1.23 bits per heavy atom. The van der Waals surface area contributed by atoms with Crippen LogP contribution in [0.15, 0.2) is 135 Å². The summed E-state index contributed by atoms with van der Waals surface area (Å²) in [5.74, 6) is 1.33. The van der Waals surface area contributed by atoms with Crippen molar-refractivity contribution in [2.24, 2.45) is 0 Å². The lowest BCUT2D eigenvalue weighted by Crippen LogP contribution is -2.55. The summed E-state index contributed by atoms with van der Waals surface area (Å²) in [6, 6.07) is 38.3. The summed E-state index contributed by atoms with van der Waals surface area (Å²) >= 11 is 6.49. The molecule has 6 atom stereocenters. The summed E-state index contributed by atoms with van der Waals surface area (Å²) < 4.78 is 18.5. The monoisotopic (exact) mass is 1740 g/mol. The largest absolute Gasteiger partial charge is 0.462 e. The minimum absolute atomic E-state index is 0.170. The number of carbonyl (C=O) groups is 6. The zero-order valence-corrected chi connectivity index (χ0v) is 73.5. The minimum atomic E-state index is -0.309. The molecule has 0 saturated carbocycles. The lowest BCUT2D eigenvalue weighted by molar-refractivity contribution is -0.129. The third-order valence-corrected chi connectivity index (χ3v) is 26.3. The molecular weight excluding hydrogens is 1630 g/mol. The van der Waals surface area contributed by atoms with Crippen molar-refractivity contribution in [3.8, 4) is 36.2 Å². The number of carbonyl (C=O) groups excluding carboxylic acids is 6. The van der Waals surface area contributed by atoms with E-state index in [0.717, 1.165) is 136 Å². The normalized spacial score (nSPS) is 20.3. The van der Waals surface area contributed by atoms with Crippen LogP contribution in [0.5, 0.6) is 18.0 Å². The first-order valence-corrected chi connectivity index (χ1v) is 43.9. The van der Waals surface area contributed by atoms with Crippen molar-refractivity contribution in [2.75, 3.05) is 145 Å². The van der Waals surface area contributed by atoms with E-state index in [2.05, 4.69) is 99.1 Å². The zero-order chi connectivity index (χ0) is 89.1. The van der Waals surface area contributed by atoms with E-state index in [-0.39, 0.29) is 91.1 Å². The summed E-state index contributed by atoms with van der Waals surface area (Å²) in [5, 5.41) is 39.2. The number of likely N-dealkylation sites (tertiary alicyclic amines) is 3. The lowest BCUT2D eigenvalue weighted by Gasteiger charge is -2.41. The van der Waals surface area contributed by atoms with Gasteiger partial charge in [0.25, 0.3) is 5.91 Å². The van der Waals surface area contributed by atoms with E-state index in [0.29, 0.717) is 164 Å². The highest BCUT2D eigenvalue weighted by Crippen LogP contribution is 2.40. The van der Waals surface area contributed by atoms with Gasteiger partial charge in [-0.2, -0.15) is 45.7 Å². The topological polar surface area (TPSA) is 342 Å². The van der Waals surface area contributed by atoms with Crippen LogP contribution in [0.2, 0.25) is 5.02 Å². The number of hydrogen-bond donors (Lipinski definition) is 2. The molecule has 6 fully saturated rings. The van der Waals surface area contributed by atoms with Crippen molar-refractivity contribution >= 4 is 97.7 Å². The van der Waals surface area contributed by atoms with Crippen molar-refractivity contribution in [1.82, 2.24) is 74.0 Å². The summed E-state index contributed by atoms with van der Waals surface area (Å²) in [6.45, 7) is 25.5. The molecule has 127 heavy (non-hydrogen) atoms. The summed E-state index contributed by atoms with van der Waals surface area (Å²) in [7, 11) is 6.29. The van der Waals surface area contributed by atoms with Gasteiger partial charge in [0, 0.05) is 104 Å². The molecule has 17 rings (SSSR count). The van der Waals surface area contributed by atoms with Crippen molar-refractivity contribution in [3.05, 3.63) is 191 Å². The molecule has 8 aromatic rings. The van der Waals surface area contributed by atoms with Crippen LogP contribution in [0.25, 0.3) is 21.5 Å². The highest BCUT2D eigenvalue weighted by atomic mass is 35.5. The molecule has 5 aromatic carbocycles.